The summed E-state index contributed by atoms with van der Waals surface area (Å²) in [5.74, 6) is -2.01. The van der Waals surface area contributed by atoms with E-state index in [1.54, 1.807) is 0 Å². The van der Waals surface area contributed by atoms with E-state index < -0.39 is 23.5 Å². The number of rotatable bonds is 8. The molecule has 3 heterocycles. The summed E-state index contributed by atoms with van der Waals surface area (Å²) in [6.45, 7) is 2.66. The first-order valence-electron chi connectivity index (χ1n) is 12.2. The third-order valence-electron chi connectivity index (χ3n) is 7.47. The summed E-state index contributed by atoms with van der Waals surface area (Å²) in [5.41, 5.74) is -0.380. The fraction of sp³-hybridized carbons (Fsp3) is 0.500. The topological polar surface area (TPSA) is 108 Å². The van der Waals surface area contributed by atoms with Crippen LogP contribution in [0.4, 0.5) is 5.69 Å². The van der Waals surface area contributed by atoms with Gasteiger partial charge in [0.15, 0.2) is 0 Å². The fourth-order valence-corrected chi connectivity index (χ4v) is 6.08. The quantitative estimate of drug-likeness (QED) is 0.553. The van der Waals surface area contributed by atoms with E-state index in [0.717, 1.165) is 17.2 Å². The van der Waals surface area contributed by atoms with Gasteiger partial charge in [-0.15, -0.1) is 0 Å². The minimum atomic E-state index is -1.02. The molecule has 8 nitrogen and oxygen atoms in total. The van der Waals surface area contributed by atoms with Crippen molar-refractivity contribution >= 4 is 34.2 Å². The molecule has 8 heteroatoms. The third kappa shape index (κ3) is 3.56. The van der Waals surface area contributed by atoms with E-state index in [2.05, 4.69) is 10.6 Å². The Morgan fingerprint density at radius 1 is 1.18 bits per heavy atom. The molecule has 3 fully saturated rings. The summed E-state index contributed by atoms with van der Waals surface area (Å²) in [7, 11) is 0. The summed E-state index contributed by atoms with van der Waals surface area (Å²) in [5, 5.41) is 17.4. The Morgan fingerprint density at radius 2 is 1.97 bits per heavy atom. The molecule has 0 radical (unpaired) electrons. The highest BCUT2D eigenvalue weighted by Crippen LogP contribution is 2.58. The van der Waals surface area contributed by atoms with Crippen molar-refractivity contribution in [3.8, 4) is 0 Å². The van der Waals surface area contributed by atoms with Crippen molar-refractivity contribution in [2.75, 3.05) is 25.0 Å². The highest BCUT2D eigenvalue weighted by Gasteiger charge is 2.74. The molecule has 3 aliphatic heterocycles. The monoisotopic (exact) mass is 465 g/mol. The highest BCUT2D eigenvalue weighted by molar-refractivity contribution is 6.04. The third-order valence-corrected chi connectivity index (χ3v) is 7.47. The molecule has 3 amide bonds. The Kier molecular flexibility index (Phi) is 6.04. The Hall–Kier alpha value is -2.97. The number of benzene rings is 2. The fourth-order valence-electron chi connectivity index (χ4n) is 6.08. The zero-order valence-corrected chi connectivity index (χ0v) is 19.3. The van der Waals surface area contributed by atoms with Gasteiger partial charge in [0.05, 0.1) is 17.9 Å². The smallest absolute Gasteiger partial charge is 0.250 e. The molecule has 2 aromatic rings. The van der Waals surface area contributed by atoms with E-state index in [4.69, 9.17) is 4.74 Å². The summed E-state index contributed by atoms with van der Waals surface area (Å²) in [6, 6.07) is 12.7. The number of anilines is 1. The first-order valence-corrected chi connectivity index (χ1v) is 12.2. The number of carbonyl (C=O) groups excluding carboxylic acids is 3. The van der Waals surface area contributed by atoms with E-state index in [1.807, 2.05) is 49.4 Å². The van der Waals surface area contributed by atoms with Gasteiger partial charge >= 0.3 is 0 Å². The van der Waals surface area contributed by atoms with Crippen molar-refractivity contribution in [1.82, 2.24) is 10.2 Å². The van der Waals surface area contributed by atoms with E-state index >= 15 is 0 Å². The van der Waals surface area contributed by atoms with Crippen LogP contribution in [-0.2, 0) is 19.1 Å². The lowest BCUT2D eigenvalue weighted by Crippen LogP contribution is -2.53. The molecule has 3 aliphatic rings. The van der Waals surface area contributed by atoms with Crippen molar-refractivity contribution in [3.63, 3.8) is 0 Å². The lowest BCUT2D eigenvalue weighted by molar-refractivity contribution is -0.141. The predicted molar refractivity (Wildman–Crippen MR) is 127 cm³/mol. The number of aliphatic hydroxyl groups excluding tert-OH is 1. The van der Waals surface area contributed by atoms with E-state index in [9.17, 15) is 19.5 Å². The first kappa shape index (κ1) is 22.8. The first-order chi connectivity index (χ1) is 16.5. The van der Waals surface area contributed by atoms with Crippen molar-refractivity contribution < 1.29 is 24.2 Å². The van der Waals surface area contributed by atoms with Gasteiger partial charge in [-0.2, -0.15) is 0 Å². The van der Waals surface area contributed by atoms with Crippen LogP contribution in [0, 0.1) is 11.8 Å². The van der Waals surface area contributed by atoms with Crippen LogP contribution in [0.15, 0.2) is 42.5 Å². The van der Waals surface area contributed by atoms with Gasteiger partial charge in [0, 0.05) is 25.4 Å². The maximum Gasteiger partial charge on any atom is 0.250 e. The standard InChI is InChI=1S/C26H31N3O5/c1-2-12-27-23(31)20-19-10-11-26(34-19)21(20)25(33)29(13-5-14-30)22(26)24(32)28-18-9-8-16-6-3-4-7-17(16)15-18/h3-4,6-9,15,19-22,30H,2,5,10-14H2,1H3,(H,27,31)(H,28,32)/t19-,20+,21+,22?,26?/m1/s1. The van der Waals surface area contributed by atoms with Crippen molar-refractivity contribution in [2.24, 2.45) is 11.8 Å². The largest absolute Gasteiger partial charge is 0.396 e. The number of hydrogen-bond donors (Lipinski definition) is 3. The zero-order valence-electron chi connectivity index (χ0n) is 19.3. The van der Waals surface area contributed by atoms with Crippen LogP contribution in [0.25, 0.3) is 10.8 Å². The number of nitrogens with one attached hydrogen (secondary N) is 2. The summed E-state index contributed by atoms with van der Waals surface area (Å²) >= 11 is 0. The van der Waals surface area contributed by atoms with E-state index in [1.165, 1.54) is 4.90 Å². The van der Waals surface area contributed by atoms with Crippen LogP contribution in [0.5, 0.6) is 0 Å². The van der Waals surface area contributed by atoms with Crippen LogP contribution >= 0.6 is 0 Å². The van der Waals surface area contributed by atoms with Crippen LogP contribution < -0.4 is 10.6 Å². The normalized spacial score (nSPS) is 29.5. The molecule has 3 saturated heterocycles. The number of fused-ring (bicyclic) bond motifs is 2. The number of ether oxygens (including phenoxy) is 1. The Labute approximate surface area is 198 Å². The molecule has 180 valence electrons. The van der Waals surface area contributed by atoms with Crippen molar-refractivity contribution in [2.45, 2.75) is 50.4 Å². The Morgan fingerprint density at radius 3 is 2.74 bits per heavy atom. The van der Waals surface area contributed by atoms with Crippen LogP contribution in [0.1, 0.15) is 32.6 Å². The highest BCUT2D eigenvalue weighted by atomic mass is 16.5. The van der Waals surface area contributed by atoms with Gasteiger partial charge in [-0.1, -0.05) is 37.3 Å². The van der Waals surface area contributed by atoms with Crippen molar-refractivity contribution in [1.29, 1.82) is 0 Å². The molecule has 0 aliphatic carbocycles. The van der Waals surface area contributed by atoms with Crippen molar-refractivity contribution in [3.05, 3.63) is 42.5 Å². The molecule has 2 bridgehead atoms. The molecule has 0 saturated carbocycles. The van der Waals surface area contributed by atoms with Gasteiger partial charge in [0.2, 0.25) is 17.7 Å². The Balaban J connectivity index is 1.46. The second-order valence-corrected chi connectivity index (χ2v) is 9.51. The van der Waals surface area contributed by atoms with Gasteiger partial charge in [0.1, 0.15) is 11.6 Å². The van der Waals surface area contributed by atoms with Gasteiger partial charge in [0.25, 0.3) is 0 Å². The van der Waals surface area contributed by atoms with Gasteiger partial charge in [-0.25, -0.2) is 0 Å². The lowest BCUT2D eigenvalue weighted by atomic mass is 9.70. The maximum absolute atomic E-state index is 13.7. The molecule has 1 spiro atoms. The lowest BCUT2D eigenvalue weighted by Gasteiger charge is -2.33. The number of carbonyl (C=O) groups is 3. The molecule has 3 N–H and O–H groups in total. The van der Waals surface area contributed by atoms with Gasteiger partial charge in [-0.3, -0.25) is 14.4 Å². The minimum Gasteiger partial charge on any atom is -0.396 e. The average molecular weight is 466 g/mol. The van der Waals surface area contributed by atoms with Crippen LogP contribution in [0.3, 0.4) is 0 Å². The average Bonchev–Trinajstić information content (AvgIpc) is 3.48. The molecular formula is C26H31N3O5. The molecular weight excluding hydrogens is 434 g/mol. The number of aliphatic hydroxyl groups is 1. The predicted octanol–water partition coefficient (Wildman–Crippen LogP) is 2.06. The Bertz CT molecular complexity index is 1120. The number of likely N-dealkylation sites (tertiary alicyclic amines) is 1. The second-order valence-electron chi connectivity index (χ2n) is 9.51. The summed E-state index contributed by atoms with van der Waals surface area (Å²) in [4.78, 5) is 41.8. The molecule has 5 rings (SSSR count). The van der Waals surface area contributed by atoms with Gasteiger partial charge in [-0.05, 0) is 48.6 Å². The minimum absolute atomic E-state index is 0.0929. The van der Waals surface area contributed by atoms with Gasteiger partial charge < -0.3 is 25.4 Å². The SMILES string of the molecule is CCCNC(=O)[C@@H]1[C@H]2C(=O)N(CCCO)C(C(=O)Nc3ccc4ccccc4c3)C23CC[C@H]1O3. The maximum atomic E-state index is 13.7. The summed E-state index contributed by atoms with van der Waals surface area (Å²) in [6.07, 6.45) is 1.98. The number of amides is 3. The molecule has 2 aromatic carbocycles. The molecule has 34 heavy (non-hydrogen) atoms. The molecule has 5 atom stereocenters. The van der Waals surface area contributed by atoms with E-state index in [0.29, 0.717) is 31.5 Å². The van der Waals surface area contributed by atoms with E-state index in [-0.39, 0.29) is 37.0 Å². The summed E-state index contributed by atoms with van der Waals surface area (Å²) < 4.78 is 6.37. The number of hydrogen-bond acceptors (Lipinski definition) is 5. The molecule has 0 aromatic heterocycles. The zero-order chi connectivity index (χ0) is 23.9. The van der Waals surface area contributed by atoms with Crippen LogP contribution in [0.2, 0.25) is 0 Å². The second kappa shape index (κ2) is 9.00. The van der Waals surface area contributed by atoms with Crippen LogP contribution in [-0.4, -0.2) is 65.2 Å². The number of nitrogens with zero attached hydrogens (tertiary/aromatic N) is 1. The molecule has 2 unspecified atom stereocenters.